The maximum Gasteiger partial charge on any atom is 0.323 e. The van der Waals surface area contributed by atoms with Gasteiger partial charge in [0.15, 0.2) is 0 Å². The Morgan fingerprint density at radius 2 is 2.15 bits per heavy atom. The van der Waals surface area contributed by atoms with Gasteiger partial charge in [0.1, 0.15) is 5.54 Å². The van der Waals surface area contributed by atoms with E-state index in [9.17, 15) is 9.90 Å². The van der Waals surface area contributed by atoms with Crippen molar-refractivity contribution in [3.05, 3.63) is 0 Å². The summed E-state index contributed by atoms with van der Waals surface area (Å²) in [5, 5.41) is 12.6. The highest BCUT2D eigenvalue weighted by atomic mass is 16.4. The van der Waals surface area contributed by atoms with Gasteiger partial charge in [-0.15, -0.1) is 0 Å². The fourth-order valence-electron chi connectivity index (χ4n) is 3.04. The summed E-state index contributed by atoms with van der Waals surface area (Å²) >= 11 is 0. The molecule has 0 aromatic carbocycles. The molecule has 3 atom stereocenters. The van der Waals surface area contributed by atoms with E-state index in [1.807, 2.05) is 6.92 Å². The molecule has 20 heavy (non-hydrogen) atoms. The maximum absolute atomic E-state index is 11.4. The first kappa shape index (κ1) is 17.4. The van der Waals surface area contributed by atoms with Crippen molar-refractivity contribution < 1.29 is 9.90 Å². The molecule has 0 amide bonds. The van der Waals surface area contributed by atoms with E-state index in [1.54, 1.807) is 0 Å². The van der Waals surface area contributed by atoms with Crippen LogP contribution in [0.2, 0.25) is 0 Å². The maximum atomic E-state index is 11.4. The van der Waals surface area contributed by atoms with Crippen LogP contribution in [0.15, 0.2) is 0 Å². The van der Waals surface area contributed by atoms with Crippen molar-refractivity contribution in [2.24, 2.45) is 5.92 Å². The normalized spacial score (nSPS) is 27.2. The summed E-state index contributed by atoms with van der Waals surface area (Å²) in [5.74, 6) is 0.0267. The summed E-state index contributed by atoms with van der Waals surface area (Å²) in [5.41, 5.74) is -0.777. The second-order valence-electron chi connectivity index (χ2n) is 6.56. The minimum absolute atomic E-state index is 0.628. The van der Waals surface area contributed by atoms with Gasteiger partial charge in [-0.1, -0.05) is 13.8 Å². The van der Waals surface area contributed by atoms with Gasteiger partial charge in [0, 0.05) is 6.04 Å². The molecule has 0 spiro atoms. The van der Waals surface area contributed by atoms with Gasteiger partial charge in [0.2, 0.25) is 0 Å². The van der Waals surface area contributed by atoms with Gasteiger partial charge in [-0.05, 0) is 71.5 Å². The zero-order valence-corrected chi connectivity index (χ0v) is 13.6. The van der Waals surface area contributed by atoms with Crippen LogP contribution in [0.4, 0.5) is 0 Å². The fraction of sp³-hybridized carbons (Fsp3) is 0.938. The van der Waals surface area contributed by atoms with Crippen LogP contribution >= 0.6 is 0 Å². The topological polar surface area (TPSA) is 52.6 Å². The van der Waals surface area contributed by atoms with E-state index in [0.717, 1.165) is 38.4 Å². The van der Waals surface area contributed by atoms with E-state index in [-0.39, 0.29) is 0 Å². The Morgan fingerprint density at radius 1 is 1.45 bits per heavy atom. The Labute approximate surface area is 123 Å². The molecule has 1 aliphatic rings. The molecule has 0 aromatic rings. The number of piperidine rings is 1. The van der Waals surface area contributed by atoms with Crippen molar-refractivity contribution in [2.75, 3.05) is 19.6 Å². The van der Waals surface area contributed by atoms with Crippen molar-refractivity contribution in [3.63, 3.8) is 0 Å². The van der Waals surface area contributed by atoms with Gasteiger partial charge in [-0.2, -0.15) is 0 Å². The Hall–Kier alpha value is -0.610. The third-order valence-corrected chi connectivity index (χ3v) is 4.86. The number of rotatable bonds is 8. The Kier molecular flexibility index (Phi) is 6.96. The first-order chi connectivity index (χ1) is 9.40. The highest BCUT2D eigenvalue weighted by molar-refractivity contribution is 5.78. The molecule has 4 nitrogen and oxygen atoms in total. The van der Waals surface area contributed by atoms with E-state index in [1.165, 1.54) is 12.8 Å². The standard InChI is InChI=1S/C16H32N2O2/c1-5-10-17-16(4,15(19)20)9-7-12-18-11-6-8-13(2)14(18)3/h13-14,17H,5-12H2,1-4H3,(H,19,20). The highest BCUT2D eigenvalue weighted by Gasteiger charge is 2.32. The summed E-state index contributed by atoms with van der Waals surface area (Å²) in [7, 11) is 0. The van der Waals surface area contributed by atoms with Crippen LogP contribution in [0, 0.1) is 5.92 Å². The smallest absolute Gasteiger partial charge is 0.323 e. The lowest BCUT2D eigenvalue weighted by atomic mass is 9.91. The van der Waals surface area contributed by atoms with Gasteiger partial charge < -0.3 is 15.3 Å². The van der Waals surface area contributed by atoms with E-state index >= 15 is 0 Å². The van der Waals surface area contributed by atoms with Gasteiger partial charge >= 0.3 is 5.97 Å². The molecule has 0 aromatic heterocycles. The highest BCUT2D eigenvalue weighted by Crippen LogP contribution is 2.23. The summed E-state index contributed by atoms with van der Waals surface area (Å²) in [4.78, 5) is 14.0. The molecular weight excluding hydrogens is 252 g/mol. The van der Waals surface area contributed by atoms with E-state index < -0.39 is 11.5 Å². The second kappa shape index (κ2) is 7.99. The number of carboxylic acid groups (broad SMARTS) is 1. The first-order valence-electron chi connectivity index (χ1n) is 8.13. The molecular formula is C16H32N2O2. The predicted molar refractivity (Wildman–Crippen MR) is 83.0 cm³/mol. The van der Waals surface area contributed by atoms with Gasteiger partial charge in [0.05, 0.1) is 0 Å². The molecule has 1 saturated heterocycles. The second-order valence-corrected chi connectivity index (χ2v) is 6.56. The zero-order chi connectivity index (χ0) is 15.2. The molecule has 0 bridgehead atoms. The Bertz CT molecular complexity index is 309. The first-order valence-corrected chi connectivity index (χ1v) is 8.13. The lowest BCUT2D eigenvalue weighted by molar-refractivity contribution is -0.144. The molecule has 1 fully saturated rings. The van der Waals surface area contributed by atoms with Crippen LogP contribution in [0.25, 0.3) is 0 Å². The zero-order valence-electron chi connectivity index (χ0n) is 13.6. The van der Waals surface area contributed by atoms with Crippen molar-refractivity contribution >= 4 is 5.97 Å². The molecule has 1 rings (SSSR count). The molecule has 3 unspecified atom stereocenters. The molecule has 4 heteroatoms. The van der Waals surface area contributed by atoms with Crippen LogP contribution in [-0.4, -0.2) is 47.2 Å². The number of hydrogen-bond donors (Lipinski definition) is 2. The number of hydrogen-bond acceptors (Lipinski definition) is 3. The Morgan fingerprint density at radius 3 is 2.75 bits per heavy atom. The predicted octanol–water partition coefficient (Wildman–Crippen LogP) is 2.73. The summed E-state index contributed by atoms with van der Waals surface area (Å²) in [6, 6.07) is 0.628. The van der Waals surface area contributed by atoms with Crippen LogP contribution in [-0.2, 0) is 4.79 Å². The Balaban J connectivity index is 2.42. The monoisotopic (exact) mass is 284 g/mol. The van der Waals surface area contributed by atoms with Crippen molar-refractivity contribution in [1.29, 1.82) is 0 Å². The van der Waals surface area contributed by atoms with Crippen molar-refractivity contribution in [2.45, 2.75) is 71.4 Å². The number of carboxylic acids is 1. The average Bonchev–Trinajstić information content (AvgIpc) is 2.41. The van der Waals surface area contributed by atoms with Crippen molar-refractivity contribution in [1.82, 2.24) is 10.2 Å². The van der Waals surface area contributed by atoms with Crippen LogP contribution in [0.3, 0.4) is 0 Å². The lowest BCUT2D eigenvalue weighted by Crippen LogP contribution is -2.50. The SMILES string of the molecule is CCCNC(C)(CCCN1CCCC(C)C1C)C(=O)O. The van der Waals surface area contributed by atoms with Crippen molar-refractivity contribution in [3.8, 4) is 0 Å². The average molecular weight is 284 g/mol. The van der Waals surface area contributed by atoms with Crippen LogP contribution in [0.5, 0.6) is 0 Å². The molecule has 0 radical (unpaired) electrons. The molecule has 1 aliphatic heterocycles. The molecule has 0 aliphatic carbocycles. The molecule has 2 N–H and O–H groups in total. The quantitative estimate of drug-likeness (QED) is 0.719. The minimum Gasteiger partial charge on any atom is -0.480 e. The minimum atomic E-state index is -0.777. The largest absolute Gasteiger partial charge is 0.480 e. The van der Waals surface area contributed by atoms with Gasteiger partial charge in [-0.25, -0.2) is 0 Å². The molecule has 0 saturated carbocycles. The third kappa shape index (κ3) is 4.74. The van der Waals surface area contributed by atoms with Crippen LogP contribution in [0.1, 0.15) is 59.8 Å². The van der Waals surface area contributed by atoms with E-state index in [4.69, 9.17) is 0 Å². The number of aliphatic carboxylic acids is 1. The summed E-state index contributed by atoms with van der Waals surface area (Å²) in [6.07, 6.45) is 5.19. The van der Waals surface area contributed by atoms with Gasteiger partial charge in [0.25, 0.3) is 0 Å². The number of nitrogens with one attached hydrogen (secondary N) is 1. The van der Waals surface area contributed by atoms with Crippen LogP contribution < -0.4 is 5.32 Å². The lowest BCUT2D eigenvalue weighted by Gasteiger charge is -2.38. The van der Waals surface area contributed by atoms with Gasteiger partial charge in [-0.3, -0.25) is 4.79 Å². The van der Waals surface area contributed by atoms with E-state index in [2.05, 4.69) is 31.0 Å². The molecule has 118 valence electrons. The fourth-order valence-corrected chi connectivity index (χ4v) is 3.04. The number of carbonyl (C=O) groups is 1. The number of likely N-dealkylation sites (tertiary alicyclic amines) is 1. The molecule has 1 heterocycles. The third-order valence-electron chi connectivity index (χ3n) is 4.86. The van der Waals surface area contributed by atoms with E-state index in [0.29, 0.717) is 12.5 Å². The summed E-state index contributed by atoms with van der Waals surface area (Å²) in [6.45, 7) is 11.4. The number of nitrogens with zero attached hydrogens (tertiary/aromatic N) is 1. The summed E-state index contributed by atoms with van der Waals surface area (Å²) < 4.78 is 0.